The summed E-state index contributed by atoms with van der Waals surface area (Å²) in [5, 5.41) is 9.84. The van der Waals surface area contributed by atoms with E-state index < -0.39 is 6.10 Å². The van der Waals surface area contributed by atoms with Crippen LogP contribution in [0, 0.1) is 11.7 Å². The molecule has 1 saturated carbocycles. The summed E-state index contributed by atoms with van der Waals surface area (Å²) in [5.74, 6) is 0.650. The van der Waals surface area contributed by atoms with Gasteiger partial charge >= 0.3 is 0 Å². The van der Waals surface area contributed by atoms with Crippen molar-refractivity contribution in [2.45, 2.75) is 25.9 Å². The number of hydrogen-bond donors (Lipinski definition) is 1. The second kappa shape index (κ2) is 5.70. The summed E-state index contributed by atoms with van der Waals surface area (Å²) in [6.07, 6.45) is 2.15. The first-order valence-electron chi connectivity index (χ1n) is 7.58. The number of aliphatic hydroxyl groups excluding tert-OH is 1. The predicted octanol–water partition coefficient (Wildman–Crippen LogP) is 2.41. The zero-order chi connectivity index (χ0) is 14.1. The molecule has 0 radical (unpaired) electrons. The SMILES string of the molecule is CC(O)c1cc(F)ccc1N1CCN(CC2CC2)CC1. The molecule has 0 amide bonds. The van der Waals surface area contributed by atoms with Crippen LogP contribution in [0.1, 0.15) is 31.4 Å². The van der Waals surface area contributed by atoms with E-state index in [1.165, 1.54) is 31.5 Å². The van der Waals surface area contributed by atoms with Crippen LogP contribution in [0.3, 0.4) is 0 Å². The van der Waals surface area contributed by atoms with E-state index in [0.717, 1.165) is 37.8 Å². The lowest BCUT2D eigenvalue weighted by Gasteiger charge is -2.37. The molecule has 20 heavy (non-hydrogen) atoms. The Morgan fingerprint density at radius 3 is 2.55 bits per heavy atom. The average molecular weight is 278 g/mol. The molecule has 110 valence electrons. The summed E-state index contributed by atoms with van der Waals surface area (Å²) in [6.45, 7) is 6.97. The van der Waals surface area contributed by atoms with Crippen molar-refractivity contribution in [1.82, 2.24) is 4.90 Å². The molecule has 0 bridgehead atoms. The topological polar surface area (TPSA) is 26.7 Å². The summed E-state index contributed by atoms with van der Waals surface area (Å²) in [7, 11) is 0. The first kappa shape index (κ1) is 13.8. The molecule has 2 aliphatic rings. The molecule has 1 aliphatic carbocycles. The normalized spacial score (nSPS) is 22.1. The molecule has 0 spiro atoms. The third kappa shape index (κ3) is 3.13. The van der Waals surface area contributed by atoms with Crippen molar-refractivity contribution in [3.63, 3.8) is 0 Å². The van der Waals surface area contributed by atoms with Crippen LogP contribution in [-0.4, -0.2) is 42.7 Å². The molecule has 3 nitrogen and oxygen atoms in total. The minimum atomic E-state index is -0.634. The average Bonchev–Trinajstić information content (AvgIpc) is 3.24. The molecule has 1 aliphatic heterocycles. The van der Waals surface area contributed by atoms with E-state index in [2.05, 4.69) is 9.80 Å². The third-order valence-electron chi connectivity index (χ3n) is 4.37. The van der Waals surface area contributed by atoms with Crippen LogP contribution in [0.15, 0.2) is 18.2 Å². The highest BCUT2D eigenvalue weighted by molar-refractivity contribution is 5.55. The molecule has 1 unspecified atom stereocenters. The van der Waals surface area contributed by atoms with Gasteiger partial charge in [0.05, 0.1) is 6.10 Å². The van der Waals surface area contributed by atoms with E-state index in [-0.39, 0.29) is 5.82 Å². The Hall–Kier alpha value is -1.13. The number of aliphatic hydroxyl groups is 1. The molecule has 2 fully saturated rings. The highest BCUT2D eigenvalue weighted by Crippen LogP contribution is 2.31. The first-order valence-corrected chi connectivity index (χ1v) is 7.58. The molecule has 1 heterocycles. The van der Waals surface area contributed by atoms with E-state index in [0.29, 0.717) is 5.56 Å². The number of hydrogen-bond acceptors (Lipinski definition) is 3. The minimum Gasteiger partial charge on any atom is -0.389 e. The van der Waals surface area contributed by atoms with Gasteiger partial charge in [0.15, 0.2) is 0 Å². The summed E-state index contributed by atoms with van der Waals surface area (Å²) >= 11 is 0. The number of halogens is 1. The Kier molecular flexibility index (Phi) is 3.94. The molecule has 1 atom stereocenters. The fraction of sp³-hybridized carbons (Fsp3) is 0.625. The summed E-state index contributed by atoms with van der Waals surface area (Å²) in [4.78, 5) is 4.80. The molecule has 1 aromatic rings. The molecule has 1 N–H and O–H groups in total. The van der Waals surface area contributed by atoms with Crippen molar-refractivity contribution in [2.75, 3.05) is 37.6 Å². The van der Waals surface area contributed by atoms with Gasteiger partial charge in [-0.2, -0.15) is 0 Å². The fourth-order valence-electron chi connectivity index (χ4n) is 2.98. The first-order chi connectivity index (χ1) is 9.63. The highest BCUT2D eigenvalue weighted by Gasteiger charge is 2.27. The quantitative estimate of drug-likeness (QED) is 0.916. The van der Waals surface area contributed by atoms with Crippen LogP contribution < -0.4 is 4.90 Å². The van der Waals surface area contributed by atoms with Crippen molar-refractivity contribution < 1.29 is 9.50 Å². The number of piperazine rings is 1. The predicted molar refractivity (Wildman–Crippen MR) is 78.4 cm³/mol. The molecule has 0 aromatic heterocycles. The Balaban J connectivity index is 1.67. The van der Waals surface area contributed by atoms with Gasteiger partial charge in [0.2, 0.25) is 0 Å². The third-order valence-corrected chi connectivity index (χ3v) is 4.37. The van der Waals surface area contributed by atoms with Crippen molar-refractivity contribution in [3.05, 3.63) is 29.6 Å². The maximum atomic E-state index is 13.3. The van der Waals surface area contributed by atoms with E-state index in [9.17, 15) is 9.50 Å². The van der Waals surface area contributed by atoms with Crippen LogP contribution in [0.2, 0.25) is 0 Å². The smallest absolute Gasteiger partial charge is 0.123 e. The number of benzene rings is 1. The Morgan fingerprint density at radius 2 is 1.95 bits per heavy atom. The van der Waals surface area contributed by atoms with Gasteiger partial charge in [0, 0.05) is 44.0 Å². The van der Waals surface area contributed by atoms with Crippen LogP contribution in [0.25, 0.3) is 0 Å². The van der Waals surface area contributed by atoms with Gasteiger partial charge in [-0.3, -0.25) is 4.90 Å². The molecule has 1 aromatic carbocycles. The van der Waals surface area contributed by atoms with Crippen molar-refractivity contribution in [2.24, 2.45) is 5.92 Å². The maximum Gasteiger partial charge on any atom is 0.123 e. The monoisotopic (exact) mass is 278 g/mol. The maximum absolute atomic E-state index is 13.3. The largest absolute Gasteiger partial charge is 0.389 e. The molecular formula is C16H23FN2O. The number of rotatable bonds is 4. The zero-order valence-corrected chi connectivity index (χ0v) is 12.1. The van der Waals surface area contributed by atoms with E-state index in [1.54, 1.807) is 13.0 Å². The summed E-state index contributed by atoms with van der Waals surface area (Å²) in [6, 6.07) is 4.74. The molecule has 4 heteroatoms. The standard InChI is InChI=1S/C16H23FN2O/c1-12(20)15-10-14(17)4-5-16(15)19-8-6-18(7-9-19)11-13-2-3-13/h4-5,10,12-13,20H,2-3,6-9,11H2,1H3. The fourth-order valence-corrected chi connectivity index (χ4v) is 2.98. The van der Waals surface area contributed by atoms with Crippen molar-refractivity contribution >= 4 is 5.69 Å². The van der Waals surface area contributed by atoms with Crippen LogP contribution in [0.5, 0.6) is 0 Å². The van der Waals surface area contributed by atoms with Gasteiger partial charge in [0.25, 0.3) is 0 Å². The Bertz CT molecular complexity index is 466. The summed E-state index contributed by atoms with van der Waals surface area (Å²) < 4.78 is 13.3. The van der Waals surface area contributed by atoms with Crippen molar-refractivity contribution in [1.29, 1.82) is 0 Å². The highest BCUT2D eigenvalue weighted by atomic mass is 19.1. The lowest BCUT2D eigenvalue weighted by molar-refractivity contribution is 0.198. The van der Waals surface area contributed by atoms with Gasteiger partial charge in [-0.25, -0.2) is 4.39 Å². The Labute approximate surface area is 120 Å². The van der Waals surface area contributed by atoms with Gasteiger partial charge in [0.1, 0.15) is 5.82 Å². The molecule has 3 rings (SSSR count). The van der Waals surface area contributed by atoms with Gasteiger partial charge in [-0.05, 0) is 43.9 Å². The van der Waals surface area contributed by atoms with Crippen LogP contribution >= 0.6 is 0 Å². The second-order valence-corrected chi connectivity index (χ2v) is 6.11. The zero-order valence-electron chi connectivity index (χ0n) is 12.1. The van der Waals surface area contributed by atoms with Gasteiger partial charge in [-0.1, -0.05) is 0 Å². The number of anilines is 1. The van der Waals surface area contributed by atoms with Crippen LogP contribution in [-0.2, 0) is 0 Å². The van der Waals surface area contributed by atoms with Crippen molar-refractivity contribution in [3.8, 4) is 0 Å². The van der Waals surface area contributed by atoms with Crippen LogP contribution in [0.4, 0.5) is 10.1 Å². The van der Waals surface area contributed by atoms with E-state index in [4.69, 9.17) is 0 Å². The minimum absolute atomic E-state index is 0.281. The lowest BCUT2D eigenvalue weighted by atomic mass is 10.1. The van der Waals surface area contributed by atoms with E-state index in [1.807, 2.05) is 0 Å². The summed E-state index contributed by atoms with van der Waals surface area (Å²) in [5.41, 5.74) is 1.67. The molecule has 1 saturated heterocycles. The van der Waals surface area contributed by atoms with Gasteiger partial charge < -0.3 is 10.0 Å². The molecular weight excluding hydrogens is 255 g/mol. The number of nitrogens with zero attached hydrogens (tertiary/aromatic N) is 2. The second-order valence-electron chi connectivity index (χ2n) is 6.11. The van der Waals surface area contributed by atoms with Gasteiger partial charge in [-0.15, -0.1) is 0 Å². The Morgan fingerprint density at radius 1 is 1.25 bits per heavy atom. The lowest BCUT2D eigenvalue weighted by Crippen LogP contribution is -2.47. The van der Waals surface area contributed by atoms with E-state index >= 15 is 0 Å².